The summed E-state index contributed by atoms with van der Waals surface area (Å²) in [7, 11) is 0. The van der Waals surface area contributed by atoms with Crippen LogP contribution in [0.5, 0.6) is 0 Å². The number of carbonyl (C=O) groups excluding carboxylic acids is 3. The van der Waals surface area contributed by atoms with Crippen LogP contribution in [0.2, 0.25) is 0 Å². The summed E-state index contributed by atoms with van der Waals surface area (Å²) in [5.41, 5.74) is 1.73. The summed E-state index contributed by atoms with van der Waals surface area (Å²) in [4.78, 5) is 43.0. The van der Waals surface area contributed by atoms with Crippen LogP contribution in [0.15, 0.2) is 60.7 Å². The largest absolute Gasteiger partial charge is 0.396 e. The van der Waals surface area contributed by atoms with Gasteiger partial charge in [0.25, 0.3) is 0 Å². The molecular formula is C29H35N3O4S. The molecule has 3 N–H and O–H groups in total. The number of para-hydroxylation sites is 1. The van der Waals surface area contributed by atoms with Crippen LogP contribution in [0.25, 0.3) is 0 Å². The Balaban J connectivity index is 1.38. The van der Waals surface area contributed by atoms with Crippen LogP contribution in [0.3, 0.4) is 0 Å². The number of rotatable bonds is 11. The van der Waals surface area contributed by atoms with Gasteiger partial charge in [0.2, 0.25) is 17.7 Å². The van der Waals surface area contributed by atoms with E-state index in [1.807, 2.05) is 60.7 Å². The molecule has 2 bridgehead atoms. The third kappa shape index (κ3) is 5.01. The highest BCUT2D eigenvalue weighted by Gasteiger charge is 2.73. The Kier molecular flexibility index (Phi) is 7.86. The highest BCUT2D eigenvalue weighted by Crippen LogP contribution is 2.66. The predicted octanol–water partition coefficient (Wildman–Crippen LogP) is 3.59. The number of likely N-dealkylation sites (tertiary alicyclic amines) is 1. The van der Waals surface area contributed by atoms with Crippen LogP contribution in [0.4, 0.5) is 5.69 Å². The first-order valence-corrected chi connectivity index (χ1v) is 14.2. The van der Waals surface area contributed by atoms with Gasteiger partial charge in [-0.1, -0.05) is 61.4 Å². The summed E-state index contributed by atoms with van der Waals surface area (Å²) in [5, 5.41) is 15.3. The van der Waals surface area contributed by atoms with E-state index in [4.69, 9.17) is 5.11 Å². The van der Waals surface area contributed by atoms with E-state index >= 15 is 0 Å². The summed E-state index contributed by atoms with van der Waals surface area (Å²) < 4.78 is -0.577. The van der Waals surface area contributed by atoms with Crippen molar-refractivity contribution in [2.75, 3.05) is 18.5 Å². The third-order valence-corrected chi connectivity index (χ3v) is 9.96. The topological polar surface area (TPSA) is 98.7 Å². The molecule has 5 atom stereocenters. The van der Waals surface area contributed by atoms with E-state index < -0.39 is 22.6 Å². The first-order chi connectivity index (χ1) is 18.0. The Labute approximate surface area is 222 Å². The fourth-order valence-corrected chi connectivity index (χ4v) is 8.59. The van der Waals surface area contributed by atoms with E-state index in [0.29, 0.717) is 13.1 Å². The van der Waals surface area contributed by atoms with Crippen LogP contribution in [0.1, 0.15) is 44.1 Å². The molecule has 2 aromatic rings. The summed E-state index contributed by atoms with van der Waals surface area (Å²) in [5.74, 6) is -1.27. The number of hydrogen-bond acceptors (Lipinski definition) is 5. The molecule has 0 aliphatic carbocycles. The van der Waals surface area contributed by atoms with Crippen molar-refractivity contribution >= 4 is 35.2 Å². The molecule has 3 saturated heterocycles. The van der Waals surface area contributed by atoms with Crippen molar-refractivity contribution in [3.63, 3.8) is 0 Å². The van der Waals surface area contributed by atoms with Gasteiger partial charge in [0.05, 0.1) is 16.6 Å². The third-order valence-electron chi connectivity index (χ3n) is 8.01. The van der Waals surface area contributed by atoms with Crippen molar-refractivity contribution < 1.29 is 19.5 Å². The van der Waals surface area contributed by atoms with Gasteiger partial charge in [-0.2, -0.15) is 0 Å². The lowest BCUT2D eigenvalue weighted by molar-refractivity contribution is -0.139. The molecule has 3 aliphatic rings. The lowest BCUT2D eigenvalue weighted by atomic mass is 9.70. The van der Waals surface area contributed by atoms with E-state index in [-0.39, 0.29) is 29.6 Å². The van der Waals surface area contributed by atoms with Crippen molar-refractivity contribution in [1.29, 1.82) is 0 Å². The highest BCUT2D eigenvalue weighted by atomic mass is 32.2. The average Bonchev–Trinajstić information content (AvgIpc) is 3.56. The molecule has 1 spiro atoms. The Morgan fingerprint density at radius 2 is 1.68 bits per heavy atom. The first kappa shape index (κ1) is 25.8. The van der Waals surface area contributed by atoms with Gasteiger partial charge in [-0.25, -0.2) is 0 Å². The first-order valence-electron chi connectivity index (χ1n) is 13.3. The molecule has 0 aromatic heterocycles. The summed E-state index contributed by atoms with van der Waals surface area (Å²) >= 11 is 1.69. The van der Waals surface area contributed by atoms with E-state index in [1.54, 1.807) is 16.7 Å². The second kappa shape index (κ2) is 11.3. The molecule has 3 fully saturated rings. The number of amides is 3. The van der Waals surface area contributed by atoms with Gasteiger partial charge < -0.3 is 20.6 Å². The normalized spacial score (nSPS) is 27.8. The molecule has 196 valence electrons. The quantitative estimate of drug-likeness (QED) is 0.393. The van der Waals surface area contributed by atoms with Crippen LogP contribution >= 0.6 is 11.8 Å². The number of aliphatic hydroxyl groups is 1. The van der Waals surface area contributed by atoms with E-state index in [0.717, 1.165) is 49.8 Å². The number of benzene rings is 2. The molecule has 3 aliphatic heterocycles. The zero-order valence-corrected chi connectivity index (χ0v) is 21.8. The zero-order valence-electron chi connectivity index (χ0n) is 21.0. The number of anilines is 1. The molecule has 3 heterocycles. The summed E-state index contributed by atoms with van der Waals surface area (Å²) in [6.45, 7) is 1.06. The van der Waals surface area contributed by atoms with E-state index in [1.165, 1.54) is 0 Å². The number of thioether (sulfide) groups is 1. The lowest BCUT2D eigenvalue weighted by Crippen LogP contribution is -2.53. The number of hydrogen-bond donors (Lipinski definition) is 3. The molecule has 3 amide bonds. The molecule has 8 heteroatoms. The predicted molar refractivity (Wildman–Crippen MR) is 145 cm³/mol. The maximum Gasteiger partial charge on any atom is 0.244 e. The fraction of sp³-hybridized carbons (Fsp3) is 0.483. The van der Waals surface area contributed by atoms with Crippen LogP contribution in [0, 0.1) is 11.8 Å². The van der Waals surface area contributed by atoms with Crippen LogP contribution < -0.4 is 10.6 Å². The minimum Gasteiger partial charge on any atom is -0.396 e. The summed E-state index contributed by atoms with van der Waals surface area (Å²) in [6, 6.07) is 18.5. The second-order valence-electron chi connectivity index (χ2n) is 10.3. The van der Waals surface area contributed by atoms with Gasteiger partial charge in [-0.15, -0.1) is 11.8 Å². The number of fused-ring (bicyclic) bond motifs is 1. The lowest BCUT2D eigenvalue weighted by Gasteiger charge is -2.34. The van der Waals surface area contributed by atoms with Crippen molar-refractivity contribution in [3.8, 4) is 0 Å². The highest BCUT2D eigenvalue weighted by molar-refractivity contribution is 8.02. The van der Waals surface area contributed by atoms with Crippen molar-refractivity contribution in [2.45, 2.75) is 61.1 Å². The van der Waals surface area contributed by atoms with Gasteiger partial charge in [-0.3, -0.25) is 14.4 Å². The standard InChI is InChI=1S/C29H35N3O4S/c33-18-10-2-1-9-17-32-25(27(35)30-19-20-11-5-3-6-12-20)29-16-15-22(37-29)23(24(29)28(32)36)26(34)31-21-13-7-4-8-14-21/h3-8,11-14,22-25,33H,1-2,9-10,15-19H2,(H,30,35)(H,31,34)/t22-,23+,24+,25?,29?/m1/s1. The van der Waals surface area contributed by atoms with Gasteiger partial charge in [0, 0.05) is 30.6 Å². The monoisotopic (exact) mass is 521 g/mol. The number of nitrogens with one attached hydrogen (secondary N) is 2. The SMILES string of the molecule is O=C(NCc1ccccc1)C1N(CCCCCCO)C(=O)[C@@H]2[C@@H](C(=O)Nc3ccccc3)[C@H]3CCC12S3. The minimum atomic E-state index is -0.587. The number of aliphatic hydroxyl groups excluding tert-OH is 1. The molecule has 0 saturated carbocycles. The number of carbonyl (C=O) groups is 3. The van der Waals surface area contributed by atoms with Gasteiger partial charge in [0.1, 0.15) is 6.04 Å². The van der Waals surface area contributed by atoms with Crippen LogP contribution in [-0.2, 0) is 20.9 Å². The minimum absolute atomic E-state index is 0.0359. The Morgan fingerprint density at radius 1 is 0.973 bits per heavy atom. The molecule has 2 aromatic carbocycles. The zero-order chi connectivity index (χ0) is 25.8. The van der Waals surface area contributed by atoms with Crippen molar-refractivity contribution in [3.05, 3.63) is 66.2 Å². The van der Waals surface area contributed by atoms with E-state index in [9.17, 15) is 14.4 Å². The molecule has 7 nitrogen and oxygen atoms in total. The van der Waals surface area contributed by atoms with Gasteiger partial charge in [-0.05, 0) is 43.4 Å². The van der Waals surface area contributed by atoms with E-state index in [2.05, 4.69) is 10.6 Å². The molecule has 0 radical (unpaired) electrons. The molecule has 2 unspecified atom stereocenters. The summed E-state index contributed by atoms with van der Waals surface area (Å²) in [6.07, 6.45) is 4.87. The Morgan fingerprint density at radius 3 is 2.41 bits per heavy atom. The Bertz CT molecular complexity index is 1110. The van der Waals surface area contributed by atoms with Crippen LogP contribution in [-0.4, -0.2) is 56.9 Å². The van der Waals surface area contributed by atoms with Gasteiger partial charge >= 0.3 is 0 Å². The average molecular weight is 522 g/mol. The number of nitrogens with zero attached hydrogens (tertiary/aromatic N) is 1. The molecule has 5 rings (SSSR count). The number of unbranched alkanes of at least 4 members (excludes halogenated alkanes) is 3. The maximum atomic E-state index is 14.0. The Hall–Kier alpha value is -2.84. The second-order valence-corrected chi connectivity index (χ2v) is 11.9. The smallest absolute Gasteiger partial charge is 0.244 e. The van der Waals surface area contributed by atoms with Gasteiger partial charge in [0.15, 0.2) is 0 Å². The van der Waals surface area contributed by atoms with Crippen molar-refractivity contribution in [1.82, 2.24) is 10.2 Å². The molecular weight excluding hydrogens is 486 g/mol. The maximum absolute atomic E-state index is 14.0. The fourth-order valence-electron chi connectivity index (χ4n) is 6.37. The molecule has 37 heavy (non-hydrogen) atoms. The van der Waals surface area contributed by atoms with Crippen molar-refractivity contribution in [2.24, 2.45) is 11.8 Å².